The number of thiophene rings is 1. The number of aliphatic carboxylic acids is 1. The first-order valence-electron chi connectivity index (χ1n) is 10.1. The van der Waals surface area contributed by atoms with Crippen molar-refractivity contribution in [3.63, 3.8) is 0 Å². The van der Waals surface area contributed by atoms with Gasteiger partial charge in [-0.2, -0.15) is 0 Å². The lowest BCUT2D eigenvalue weighted by Gasteiger charge is -2.28. The highest BCUT2D eigenvalue weighted by Crippen LogP contribution is 2.41. The summed E-state index contributed by atoms with van der Waals surface area (Å²) in [7, 11) is 0. The van der Waals surface area contributed by atoms with Crippen molar-refractivity contribution in [1.82, 2.24) is 0 Å². The number of nitrogens with one attached hydrogen (secondary N) is 1. The molecule has 0 bridgehead atoms. The van der Waals surface area contributed by atoms with Crippen LogP contribution in [0, 0.1) is 24.6 Å². The van der Waals surface area contributed by atoms with Crippen molar-refractivity contribution in [3.05, 3.63) is 52.7 Å². The van der Waals surface area contributed by atoms with Crippen molar-refractivity contribution >= 4 is 34.2 Å². The van der Waals surface area contributed by atoms with Crippen molar-refractivity contribution in [2.24, 2.45) is 11.8 Å². The SMILES string of the molecule is CCCOC(=O)c1c(NC(=O)[C@@H]2CC=CC[C@H]2C(=O)[O-])sc(C)c1-c1ccc(F)cc1. The quantitative estimate of drug-likeness (QED) is 0.519. The minimum absolute atomic E-state index is 0.187. The standard InChI is InChI=1S/C23H24FNO5S/c1-3-12-30-23(29)19-18(14-8-10-15(24)11-9-14)13(2)31-21(19)25-20(26)16-6-4-5-7-17(16)22(27)28/h4-5,8-11,16-17H,3,6-7,12H2,1-2H3,(H,25,26)(H,27,28)/p-1/t16-,17-/m1/s1. The number of hydrogen-bond donors (Lipinski definition) is 1. The lowest BCUT2D eigenvalue weighted by atomic mass is 9.82. The number of benzene rings is 1. The van der Waals surface area contributed by atoms with Crippen molar-refractivity contribution in [1.29, 1.82) is 0 Å². The number of carbonyl (C=O) groups is 3. The molecule has 1 amide bonds. The molecule has 1 aromatic carbocycles. The molecule has 1 heterocycles. The third-order valence-corrected chi connectivity index (χ3v) is 6.19. The second-order valence-electron chi connectivity index (χ2n) is 7.34. The number of hydrogen-bond acceptors (Lipinski definition) is 6. The third kappa shape index (κ3) is 5.02. The Morgan fingerprint density at radius 2 is 1.81 bits per heavy atom. The normalized spacial score (nSPS) is 17.9. The fraction of sp³-hybridized carbons (Fsp3) is 0.348. The van der Waals surface area contributed by atoms with Crippen LogP contribution in [0.4, 0.5) is 9.39 Å². The molecule has 8 heteroatoms. The van der Waals surface area contributed by atoms with E-state index >= 15 is 0 Å². The Morgan fingerprint density at radius 1 is 1.16 bits per heavy atom. The number of anilines is 1. The highest BCUT2D eigenvalue weighted by molar-refractivity contribution is 7.17. The van der Waals surface area contributed by atoms with Gasteiger partial charge in [-0.25, -0.2) is 9.18 Å². The van der Waals surface area contributed by atoms with Crippen LogP contribution >= 0.6 is 11.3 Å². The van der Waals surface area contributed by atoms with Crippen LogP contribution in [0.1, 0.15) is 41.4 Å². The van der Waals surface area contributed by atoms with Gasteiger partial charge in [-0.3, -0.25) is 4.79 Å². The van der Waals surface area contributed by atoms with E-state index < -0.39 is 35.5 Å². The number of ether oxygens (including phenoxy) is 1. The van der Waals surface area contributed by atoms with Gasteiger partial charge in [0.05, 0.1) is 12.5 Å². The molecule has 0 saturated heterocycles. The molecular formula is C23H23FNO5S-. The Balaban J connectivity index is 1.99. The van der Waals surface area contributed by atoms with E-state index in [0.29, 0.717) is 17.5 Å². The number of esters is 1. The zero-order valence-electron chi connectivity index (χ0n) is 17.3. The molecule has 2 aromatic rings. The number of rotatable bonds is 7. The summed E-state index contributed by atoms with van der Waals surface area (Å²) in [4.78, 5) is 38.0. The van der Waals surface area contributed by atoms with Crippen LogP contribution in [0.2, 0.25) is 0 Å². The number of allylic oxidation sites excluding steroid dienone is 2. The van der Waals surface area contributed by atoms with E-state index in [1.54, 1.807) is 31.2 Å². The summed E-state index contributed by atoms with van der Waals surface area (Å²) in [5.74, 6) is -4.50. The molecule has 0 fully saturated rings. The first kappa shape index (κ1) is 22.7. The first-order chi connectivity index (χ1) is 14.8. The van der Waals surface area contributed by atoms with E-state index in [4.69, 9.17) is 4.74 Å². The van der Waals surface area contributed by atoms with Crippen molar-refractivity contribution in [2.45, 2.75) is 33.1 Å². The van der Waals surface area contributed by atoms with Crippen LogP contribution < -0.4 is 10.4 Å². The highest BCUT2D eigenvalue weighted by Gasteiger charge is 2.32. The molecule has 0 aliphatic heterocycles. The Hall–Kier alpha value is -3.00. The average molecular weight is 445 g/mol. The number of carbonyl (C=O) groups excluding carboxylic acids is 3. The minimum Gasteiger partial charge on any atom is -0.550 e. The summed E-state index contributed by atoms with van der Waals surface area (Å²) in [6.07, 6.45) is 4.61. The Bertz CT molecular complexity index is 1010. The van der Waals surface area contributed by atoms with Crippen molar-refractivity contribution < 1.29 is 28.6 Å². The van der Waals surface area contributed by atoms with Crippen LogP contribution in [0.5, 0.6) is 0 Å². The van der Waals surface area contributed by atoms with Crippen LogP contribution in [-0.4, -0.2) is 24.5 Å². The van der Waals surface area contributed by atoms with E-state index in [2.05, 4.69) is 5.32 Å². The molecule has 164 valence electrons. The summed E-state index contributed by atoms with van der Waals surface area (Å²) in [6.45, 7) is 3.87. The molecule has 1 aliphatic rings. The maximum absolute atomic E-state index is 13.4. The highest BCUT2D eigenvalue weighted by atomic mass is 32.1. The van der Waals surface area contributed by atoms with Gasteiger partial charge < -0.3 is 20.0 Å². The Kier molecular flexibility index (Phi) is 7.22. The average Bonchev–Trinajstić information content (AvgIpc) is 3.08. The van der Waals surface area contributed by atoms with Crippen molar-refractivity contribution in [3.8, 4) is 11.1 Å². The first-order valence-corrected chi connectivity index (χ1v) is 10.9. The predicted octanol–water partition coefficient (Wildman–Crippen LogP) is 3.70. The van der Waals surface area contributed by atoms with Gasteiger partial charge in [-0.05, 0) is 43.9 Å². The molecule has 31 heavy (non-hydrogen) atoms. The van der Waals surface area contributed by atoms with Crippen LogP contribution in [-0.2, 0) is 14.3 Å². The number of halogens is 1. The van der Waals surface area contributed by atoms with Crippen LogP contribution in [0.15, 0.2) is 36.4 Å². The molecule has 6 nitrogen and oxygen atoms in total. The summed E-state index contributed by atoms with van der Waals surface area (Å²) in [6, 6.07) is 5.71. The topological polar surface area (TPSA) is 95.5 Å². The number of amides is 1. The second-order valence-corrected chi connectivity index (χ2v) is 8.57. The van der Waals surface area contributed by atoms with Gasteiger partial charge >= 0.3 is 5.97 Å². The van der Waals surface area contributed by atoms with Gasteiger partial charge in [0.2, 0.25) is 5.91 Å². The van der Waals surface area contributed by atoms with Crippen LogP contribution in [0.3, 0.4) is 0 Å². The monoisotopic (exact) mass is 444 g/mol. The fourth-order valence-corrected chi connectivity index (χ4v) is 4.69. The lowest BCUT2D eigenvalue weighted by molar-refractivity contribution is -0.313. The lowest BCUT2D eigenvalue weighted by Crippen LogP contribution is -2.41. The molecule has 1 aliphatic carbocycles. The maximum atomic E-state index is 13.4. The second kappa shape index (κ2) is 9.87. The molecule has 2 atom stereocenters. The van der Waals surface area contributed by atoms with Gasteiger partial charge in [0.1, 0.15) is 16.4 Å². The molecule has 1 aromatic heterocycles. The van der Waals surface area contributed by atoms with E-state index in [0.717, 1.165) is 4.88 Å². The Labute approximate surface area is 183 Å². The minimum atomic E-state index is -1.28. The Morgan fingerprint density at radius 3 is 2.42 bits per heavy atom. The predicted molar refractivity (Wildman–Crippen MR) is 114 cm³/mol. The molecule has 1 N–H and O–H groups in total. The molecule has 3 rings (SSSR count). The van der Waals surface area contributed by atoms with Gasteiger partial charge in [0.25, 0.3) is 0 Å². The molecular weight excluding hydrogens is 421 g/mol. The summed E-state index contributed by atoms with van der Waals surface area (Å²) in [5.41, 5.74) is 1.36. The number of aryl methyl sites for hydroxylation is 1. The zero-order chi connectivity index (χ0) is 22.5. The summed E-state index contributed by atoms with van der Waals surface area (Å²) < 4.78 is 18.7. The van der Waals surface area contributed by atoms with Gasteiger partial charge in [0.15, 0.2) is 0 Å². The maximum Gasteiger partial charge on any atom is 0.341 e. The van der Waals surface area contributed by atoms with Crippen molar-refractivity contribution in [2.75, 3.05) is 11.9 Å². The van der Waals surface area contributed by atoms with Gasteiger partial charge in [-0.15, -0.1) is 11.3 Å². The summed E-state index contributed by atoms with van der Waals surface area (Å²) >= 11 is 1.20. The van der Waals surface area contributed by atoms with E-state index in [-0.39, 0.29) is 30.0 Å². The van der Waals surface area contributed by atoms with E-state index in [1.165, 1.54) is 23.5 Å². The summed E-state index contributed by atoms with van der Waals surface area (Å²) in [5, 5.41) is 14.5. The molecule has 0 radical (unpaired) electrons. The zero-order valence-corrected chi connectivity index (χ0v) is 18.1. The molecule has 0 unspecified atom stereocenters. The van der Waals surface area contributed by atoms with E-state index in [1.807, 2.05) is 6.92 Å². The fourth-order valence-electron chi connectivity index (χ4n) is 3.63. The van der Waals surface area contributed by atoms with Gasteiger partial charge in [0, 0.05) is 22.3 Å². The molecule has 0 saturated carbocycles. The largest absolute Gasteiger partial charge is 0.550 e. The van der Waals surface area contributed by atoms with E-state index in [9.17, 15) is 23.9 Å². The van der Waals surface area contributed by atoms with Crippen LogP contribution in [0.25, 0.3) is 11.1 Å². The number of carboxylic acid groups (broad SMARTS) is 1. The van der Waals surface area contributed by atoms with Gasteiger partial charge in [-0.1, -0.05) is 31.2 Å². The molecule has 0 spiro atoms. The third-order valence-electron chi connectivity index (χ3n) is 5.17. The smallest absolute Gasteiger partial charge is 0.341 e. The number of carboxylic acids is 1.